The lowest BCUT2D eigenvalue weighted by Crippen LogP contribution is -2.34. The normalized spacial score (nSPS) is 14.8. The number of benzene rings is 1. The van der Waals surface area contributed by atoms with Crippen LogP contribution >= 0.6 is 11.6 Å². The molecule has 1 amide bonds. The van der Waals surface area contributed by atoms with Gasteiger partial charge in [-0.25, -0.2) is 0 Å². The van der Waals surface area contributed by atoms with Gasteiger partial charge in [-0.05, 0) is 38.1 Å². The third-order valence-electron chi connectivity index (χ3n) is 3.18. The lowest BCUT2D eigenvalue weighted by molar-refractivity contribution is 0.0950. The Morgan fingerprint density at radius 3 is 2.89 bits per heavy atom. The molecule has 5 heteroatoms. The average Bonchev–Trinajstić information content (AvgIpc) is 3.12. The van der Waals surface area contributed by atoms with Crippen LogP contribution in [0.4, 0.5) is 5.69 Å². The van der Waals surface area contributed by atoms with Crippen LogP contribution in [0.15, 0.2) is 18.2 Å². The summed E-state index contributed by atoms with van der Waals surface area (Å²) in [5, 5.41) is 3.41. The van der Waals surface area contributed by atoms with E-state index in [9.17, 15) is 4.79 Å². The predicted octanol–water partition coefficient (Wildman–Crippen LogP) is 1.75. The first-order chi connectivity index (χ1) is 8.58. The van der Waals surface area contributed by atoms with Gasteiger partial charge in [0.15, 0.2) is 0 Å². The van der Waals surface area contributed by atoms with Crippen molar-refractivity contribution in [2.24, 2.45) is 0 Å². The molecule has 4 nitrogen and oxygen atoms in total. The summed E-state index contributed by atoms with van der Waals surface area (Å²) in [6, 6.07) is 5.62. The Bertz CT molecular complexity index is 446. The molecule has 1 aromatic carbocycles. The van der Waals surface area contributed by atoms with E-state index in [1.807, 2.05) is 0 Å². The Balaban J connectivity index is 1.83. The second-order valence-electron chi connectivity index (χ2n) is 4.70. The van der Waals surface area contributed by atoms with E-state index in [4.69, 9.17) is 17.3 Å². The Morgan fingerprint density at radius 1 is 1.56 bits per heavy atom. The lowest BCUT2D eigenvalue weighted by atomic mass is 10.1. The van der Waals surface area contributed by atoms with Gasteiger partial charge in [0.05, 0.1) is 5.56 Å². The number of hydrogen-bond donors (Lipinski definition) is 2. The molecule has 0 radical (unpaired) electrons. The molecule has 1 fully saturated rings. The number of anilines is 1. The molecule has 3 N–H and O–H groups in total. The van der Waals surface area contributed by atoms with Gasteiger partial charge in [-0.15, -0.1) is 0 Å². The second kappa shape index (κ2) is 5.59. The van der Waals surface area contributed by atoms with Gasteiger partial charge in [0.2, 0.25) is 0 Å². The average molecular weight is 268 g/mol. The van der Waals surface area contributed by atoms with Crippen LogP contribution in [0, 0.1) is 0 Å². The lowest BCUT2D eigenvalue weighted by Gasteiger charge is -2.16. The quantitative estimate of drug-likeness (QED) is 0.799. The van der Waals surface area contributed by atoms with Crippen molar-refractivity contribution in [3.05, 3.63) is 28.8 Å². The number of hydrogen-bond acceptors (Lipinski definition) is 3. The minimum atomic E-state index is -0.145. The zero-order valence-electron chi connectivity index (χ0n) is 10.4. The van der Waals surface area contributed by atoms with Crippen molar-refractivity contribution in [1.29, 1.82) is 0 Å². The maximum absolute atomic E-state index is 11.9. The van der Waals surface area contributed by atoms with E-state index in [2.05, 4.69) is 17.3 Å². The number of carbonyl (C=O) groups is 1. The molecular formula is C13H18ClN3O. The molecule has 0 aromatic heterocycles. The Hall–Kier alpha value is -1.26. The molecular weight excluding hydrogens is 250 g/mol. The Morgan fingerprint density at radius 2 is 2.28 bits per heavy atom. The number of nitrogens with two attached hydrogens (primary N) is 1. The van der Waals surface area contributed by atoms with Crippen molar-refractivity contribution >= 4 is 23.2 Å². The summed E-state index contributed by atoms with van der Waals surface area (Å²) in [6.45, 7) is 1.50. The first-order valence-corrected chi connectivity index (χ1v) is 6.49. The summed E-state index contributed by atoms with van der Waals surface area (Å²) in [4.78, 5) is 14.2. The fraction of sp³-hybridized carbons (Fsp3) is 0.462. The maximum atomic E-state index is 11.9. The fourth-order valence-corrected chi connectivity index (χ4v) is 2.06. The Kier molecular flexibility index (Phi) is 4.09. The van der Waals surface area contributed by atoms with E-state index in [0.29, 0.717) is 28.9 Å². The van der Waals surface area contributed by atoms with Gasteiger partial charge in [-0.2, -0.15) is 0 Å². The van der Waals surface area contributed by atoms with Crippen LogP contribution in [-0.2, 0) is 0 Å². The van der Waals surface area contributed by atoms with Gasteiger partial charge in [-0.3, -0.25) is 4.79 Å². The minimum Gasteiger partial charge on any atom is -0.398 e. The highest BCUT2D eigenvalue weighted by atomic mass is 35.5. The first kappa shape index (κ1) is 13.2. The molecule has 0 saturated heterocycles. The number of amides is 1. The SMILES string of the molecule is CN(CCNC(=O)c1ccc(Cl)cc1N)C1CC1. The molecule has 1 aliphatic carbocycles. The zero-order chi connectivity index (χ0) is 13.1. The van der Waals surface area contributed by atoms with Crippen molar-refractivity contribution in [3.63, 3.8) is 0 Å². The van der Waals surface area contributed by atoms with E-state index in [0.717, 1.165) is 6.54 Å². The summed E-state index contributed by atoms with van der Waals surface area (Å²) in [6.07, 6.45) is 2.54. The van der Waals surface area contributed by atoms with Gasteiger partial charge < -0.3 is 16.0 Å². The molecule has 0 spiro atoms. The van der Waals surface area contributed by atoms with Gasteiger partial charge >= 0.3 is 0 Å². The van der Waals surface area contributed by atoms with Gasteiger partial charge in [0.1, 0.15) is 0 Å². The van der Waals surface area contributed by atoms with E-state index < -0.39 is 0 Å². The molecule has 0 unspecified atom stereocenters. The molecule has 0 bridgehead atoms. The number of nitrogens with zero attached hydrogens (tertiary/aromatic N) is 1. The van der Waals surface area contributed by atoms with Crippen molar-refractivity contribution in [2.45, 2.75) is 18.9 Å². The van der Waals surface area contributed by atoms with Crippen molar-refractivity contribution in [3.8, 4) is 0 Å². The first-order valence-electron chi connectivity index (χ1n) is 6.11. The highest BCUT2D eigenvalue weighted by Gasteiger charge is 2.25. The molecule has 1 saturated carbocycles. The van der Waals surface area contributed by atoms with Crippen LogP contribution in [-0.4, -0.2) is 37.0 Å². The van der Waals surface area contributed by atoms with Crippen LogP contribution in [0.1, 0.15) is 23.2 Å². The molecule has 0 aliphatic heterocycles. The largest absolute Gasteiger partial charge is 0.398 e. The van der Waals surface area contributed by atoms with Crippen LogP contribution in [0.25, 0.3) is 0 Å². The van der Waals surface area contributed by atoms with Crippen LogP contribution in [0.2, 0.25) is 5.02 Å². The van der Waals surface area contributed by atoms with Gasteiger partial charge in [0.25, 0.3) is 5.91 Å². The smallest absolute Gasteiger partial charge is 0.253 e. The van der Waals surface area contributed by atoms with E-state index in [1.165, 1.54) is 12.8 Å². The van der Waals surface area contributed by atoms with Crippen LogP contribution < -0.4 is 11.1 Å². The number of nitrogens with one attached hydrogen (secondary N) is 1. The van der Waals surface area contributed by atoms with Crippen LogP contribution in [0.3, 0.4) is 0 Å². The number of nitrogen functional groups attached to an aromatic ring is 1. The molecule has 0 heterocycles. The topological polar surface area (TPSA) is 58.4 Å². The summed E-state index contributed by atoms with van der Waals surface area (Å²) in [7, 11) is 2.08. The zero-order valence-corrected chi connectivity index (χ0v) is 11.2. The number of likely N-dealkylation sites (N-methyl/N-ethyl adjacent to an activating group) is 1. The molecule has 18 heavy (non-hydrogen) atoms. The second-order valence-corrected chi connectivity index (χ2v) is 5.14. The highest BCUT2D eigenvalue weighted by molar-refractivity contribution is 6.31. The van der Waals surface area contributed by atoms with E-state index >= 15 is 0 Å². The Labute approximate surface area is 112 Å². The number of carbonyl (C=O) groups excluding carboxylic acids is 1. The van der Waals surface area contributed by atoms with Crippen molar-refractivity contribution in [2.75, 3.05) is 25.9 Å². The molecule has 1 aliphatic rings. The summed E-state index contributed by atoms with van der Waals surface area (Å²) >= 11 is 5.79. The predicted molar refractivity (Wildman–Crippen MR) is 73.8 cm³/mol. The third-order valence-corrected chi connectivity index (χ3v) is 3.41. The van der Waals surface area contributed by atoms with Crippen molar-refractivity contribution in [1.82, 2.24) is 10.2 Å². The number of halogens is 1. The summed E-state index contributed by atoms with van der Waals surface area (Å²) < 4.78 is 0. The highest BCUT2D eigenvalue weighted by Crippen LogP contribution is 2.24. The molecule has 2 rings (SSSR count). The monoisotopic (exact) mass is 267 g/mol. The van der Waals surface area contributed by atoms with E-state index in [-0.39, 0.29) is 5.91 Å². The van der Waals surface area contributed by atoms with Gasteiger partial charge in [-0.1, -0.05) is 11.6 Å². The fourth-order valence-electron chi connectivity index (χ4n) is 1.88. The summed E-state index contributed by atoms with van der Waals surface area (Å²) in [5.74, 6) is -0.145. The number of rotatable bonds is 5. The van der Waals surface area contributed by atoms with Crippen molar-refractivity contribution < 1.29 is 4.79 Å². The van der Waals surface area contributed by atoms with Gasteiger partial charge in [0, 0.05) is 29.8 Å². The standard InChI is InChI=1S/C13H18ClN3O/c1-17(10-3-4-10)7-6-16-13(18)11-5-2-9(14)8-12(11)15/h2,5,8,10H,3-4,6-7,15H2,1H3,(H,16,18). The molecule has 0 atom stereocenters. The van der Waals surface area contributed by atoms with Crippen LogP contribution in [0.5, 0.6) is 0 Å². The molecule has 1 aromatic rings. The van der Waals surface area contributed by atoms with E-state index in [1.54, 1.807) is 18.2 Å². The molecule has 98 valence electrons. The summed E-state index contributed by atoms with van der Waals surface area (Å²) in [5.41, 5.74) is 6.65. The maximum Gasteiger partial charge on any atom is 0.253 e. The third kappa shape index (κ3) is 3.37. The minimum absolute atomic E-state index is 0.145.